The normalized spacial score (nSPS) is 10.1. The van der Waals surface area contributed by atoms with Gasteiger partial charge in [-0.05, 0) is 41.1 Å². The SMILES string of the molecule is Cc1ccc(NC(=O)c2cccc([N+](=O)[O-])c2Br)cn1. The first-order chi connectivity index (χ1) is 9.49. The number of nitrogens with zero attached hydrogens (tertiary/aromatic N) is 2. The van der Waals surface area contributed by atoms with Crippen LogP contribution < -0.4 is 5.32 Å². The number of aromatic nitrogens is 1. The van der Waals surface area contributed by atoms with Crippen molar-refractivity contribution < 1.29 is 9.72 Å². The van der Waals surface area contributed by atoms with Gasteiger partial charge in [0.2, 0.25) is 0 Å². The van der Waals surface area contributed by atoms with Crippen molar-refractivity contribution in [2.75, 3.05) is 5.32 Å². The van der Waals surface area contributed by atoms with Crippen molar-refractivity contribution in [3.05, 3.63) is 62.4 Å². The molecule has 1 aromatic heterocycles. The molecule has 7 heteroatoms. The molecule has 6 nitrogen and oxygen atoms in total. The molecular formula is C13H10BrN3O3. The van der Waals surface area contributed by atoms with Gasteiger partial charge in [-0.1, -0.05) is 6.07 Å². The predicted molar refractivity (Wildman–Crippen MR) is 77.7 cm³/mol. The Balaban J connectivity index is 2.28. The quantitative estimate of drug-likeness (QED) is 0.688. The molecule has 2 aromatic rings. The van der Waals surface area contributed by atoms with E-state index >= 15 is 0 Å². The Hall–Kier alpha value is -2.28. The number of anilines is 1. The first-order valence-corrected chi connectivity index (χ1v) is 6.45. The second kappa shape index (κ2) is 5.79. The lowest BCUT2D eigenvalue weighted by molar-refractivity contribution is -0.385. The maximum absolute atomic E-state index is 12.1. The zero-order valence-electron chi connectivity index (χ0n) is 10.5. The summed E-state index contributed by atoms with van der Waals surface area (Å²) in [5, 5.41) is 13.5. The largest absolute Gasteiger partial charge is 0.321 e. The van der Waals surface area contributed by atoms with Crippen LogP contribution in [0.4, 0.5) is 11.4 Å². The second-order valence-electron chi connectivity index (χ2n) is 4.04. The second-order valence-corrected chi connectivity index (χ2v) is 4.83. The number of rotatable bonds is 3. The fraction of sp³-hybridized carbons (Fsp3) is 0.0769. The maximum Gasteiger partial charge on any atom is 0.284 e. The lowest BCUT2D eigenvalue weighted by Gasteiger charge is -2.07. The summed E-state index contributed by atoms with van der Waals surface area (Å²) in [4.78, 5) is 26.4. The molecule has 1 N–H and O–H groups in total. The number of nitro benzene ring substituents is 1. The van der Waals surface area contributed by atoms with E-state index in [-0.39, 0.29) is 15.7 Å². The van der Waals surface area contributed by atoms with Crippen LogP contribution in [0.3, 0.4) is 0 Å². The Morgan fingerprint density at radius 1 is 1.35 bits per heavy atom. The number of hydrogen-bond acceptors (Lipinski definition) is 4. The van der Waals surface area contributed by atoms with Gasteiger partial charge in [0, 0.05) is 11.8 Å². The van der Waals surface area contributed by atoms with Crippen molar-refractivity contribution in [2.45, 2.75) is 6.92 Å². The Labute approximate surface area is 123 Å². The molecule has 20 heavy (non-hydrogen) atoms. The average molecular weight is 336 g/mol. The minimum atomic E-state index is -0.547. The molecule has 0 saturated heterocycles. The van der Waals surface area contributed by atoms with Crippen LogP contribution in [-0.4, -0.2) is 15.8 Å². The van der Waals surface area contributed by atoms with Crippen molar-refractivity contribution in [3.63, 3.8) is 0 Å². The fourth-order valence-electron chi connectivity index (χ4n) is 1.58. The molecule has 0 aliphatic heterocycles. The van der Waals surface area contributed by atoms with Crippen LogP contribution in [0, 0.1) is 17.0 Å². The monoisotopic (exact) mass is 335 g/mol. The van der Waals surface area contributed by atoms with Crippen LogP contribution in [0.2, 0.25) is 0 Å². The summed E-state index contributed by atoms with van der Waals surface area (Å²) >= 11 is 3.09. The van der Waals surface area contributed by atoms with Gasteiger partial charge in [-0.25, -0.2) is 0 Å². The standard InChI is InChI=1S/C13H10BrN3O3/c1-8-5-6-9(7-15-8)16-13(18)10-3-2-4-11(12(10)14)17(19)20/h2-7H,1H3,(H,16,18). The number of benzene rings is 1. The van der Waals surface area contributed by atoms with E-state index in [4.69, 9.17) is 0 Å². The summed E-state index contributed by atoms with van der Waals surface area (Å²) in [6, 6.07) is 7.77. The highest BCUT2D eigenvalue weighted by Gasteiger charge is 2.19. The number of hydrogen-bond donors (Lipinski definition) is 1. The van der Waals surface area contributed by atoms with Gasteiger partial charge in [0.1, 0.15) is 4.47 Å². The van der Waals surface area contributed by atoms with E-state index in [1.165, 1.54) is 24.4 Å². The molecule has 0 bridgehead atoms. The highest BCUT2D eigenvalue weighted by molar-refractivity contribution is 9.10. The van der Waals surface area contributed by atoms with Gasteiger partial charge >= 0.3 is 0 Å². The van der Waals surface area contributed by atoms with Gasteiger partial charge in [-0.2, -0.15) is 0 Å². The van der Waals surface area contributed by atoms with Gasteiger partial charge in [0.15, 0.2) is 0 Å². The summed E-state index contributed by atoms with van der Waals surface area (Å²) in [5.41, 5.74) is 1.40. The predicted octanol–water partition coefficient (Wildman–Crippen LogP) is 3.31. The van der Waals surface area contributed by atoms with Gasteiger partial charge in [0.05, 0.1) is 22.4 Å². The van der Waals surface area contributed by atoms with Gasteiger partial charge < -0.3 is 5.32 Å². The highest BCUT2D eigenvalue weighted by Crippen LogP contribution is 2.28. The fourth-order valence-corrected chi connectivity index (χ4v) is 2.17. The Kier molecular flexibility index (Phi) is 4.09. The summed E-state index contributed by atoms with van der Waals surface area (Å²) in [6.45, 7) is 1.84. The number of carbonyl (C=O) groups excluding carboxylic acids is 1. The molecule has 1 amide bonds. The molecule has 0 saturated carbocycles. The van der Waals surface area contributed by atoms with Crippen LogP contribution >= 0.6 is 15.9 Å². The Morgan fingerprint density at radius 2 is 2.10 bits per heavy atom. The third kappa shape index (κ3) is 3.00. The molecule has 0 fully saturated rings. The van der Waals surface area contributed by atoms with Crippen molar-refractivity contribution in [3.8, 4) is 0 Å². The molecule has 1 aromatic carbocycles. The third-order valence-electron chi connectivity index (χ3n) is 2.59. The topological polar surface area (TPSA) is 85.1 Å². The molecule has 0 spiro atoms. The van der Waals surface area contributed by atoms with Gasteiger partial charge in [0.25, 0.3) is 11.6 Å². The number of nitro groups is 1. The summed E-state index contributed by atoms with van der Waals surface area (Å²) in [7, 11) is 0. The molecule has 1 heterocycles. The van der Waals surface area contributed by atoms with Crippen molar-refractivity contribution in [1.29, 1.82) is 0 Å². The Bertz CT molecular complexity index is 671. The maximum atomic E-state index is 12.1. The molecular weight excluding hydrogens is 326 g/mol. The number of carbonyl (C=O) groups is 1. The number of pyridine rings is 1. The molecule has 102 valence electrons. The van der Waals surface area contributed by atoms with Crippen molar-refractivity contribution >= 4 is 33.2 Å². The van der Waals surface area contributed by atoms with E-state index in [9.17, 15) is 14.9 Å². The van der Waals surface area contributed by atoms with Crippen LogP contribution in [0.5, 0.6) is 0 Å². The van der Waals surface area contributed by atoms with E-state index in [1.807, 2.05) is 6.92 Å². The number of halogens is 1. The van der Waals surface area contributed by atoms with E-state index in [0.717, 1.165) is 5.69 Å². The summed E-state index contributed by atoms with van der Waals surface area (Å²) < 4.78 is 0.155. The van der Waals surface area contributed by atoms with Crippen LogP contribution in [-0.2, 0) is 0 Å². The minimum absolute atomic E-state index is 0.153. The molecule has 2 rings (SSSR count). The third-order valence-corrected chi connectivity index (χ3v) is 3.42. The summed E-state index contributed by atoms with van der Waals surface area (Å²) in [6.07, 6.45) is 1.53. The zero-order chi connectivity index (χ0) is 14.7. The number of amides is 1. The van der Waals surface area contributed by atoms with E-state index in [1.54, 1.807) is 12.1 Å². The molecule has 0 atom stereocenters. The lowest BCUT2D eigenvalue weighted by atomic mass is 10.2. The first-order valence-electron chi connectivity index (χ1n) is 5.66. The van der Waals surface area contributed by atoms with Crippen molar-refractivity contribution in [2.24, 2.45) is 0 Å². The van der Waals surface area contributed by atoms with Gasteiger partial charge in [-0.15, -0.1) is 0 Å². The first kappa shape index (κ1) is 14.1. The van der Waals surface area contributed by atoms with Crippen LogP contribution in [0.1, 0.15) is 16.1 Å². The molecule has 0 aliphatic carbocycles. The smallest absolute Gasteiger partial charge is 0.284 e. The van der Waals surface area contributed by atoms with Crippen LogP contribution in [0.25, 0.3) is 0 Å². The van der Waals surface area contributed by atoms with E-state index < -0.39 is 10.8 Å². The average Bonchev–Trinajstić information content (AvgIpc) is 2.41. The Morgan fingerprint density at radius 3 is 2.70 bits per heavy atom. The van der Waals surface area contributed by atoms with E-state index in [2.05, 4.69) is 26.2 Å². The van der Waals surface area contributed by atoms with E-state index in [0.29, 0.717) is 5.69 Å². The lowest BCUT2D eigenvalue weighted by Crippen LogP contribution is -2.13. The zero-order valence-corrected chi connectivity index (χ0v) is 12.0. The minimum Gasteiger partial charge on any atom is -0.321 e. The molecule has 0 unspecified atom stereocenters. The molecule has 0 aliphatic rings. The number of nitrogens with one attached hydrogen (secondary N) is 1. The van der Waals surface area contributed by atoms with Gasteiger partial charge in [-0.3, -0.25) is 19.9 Å². The molecule has 0 radical (unpaired) electrons. The number of aryl methyl sites for hydroxylation is 1. The van der Waals surface area contributed by atoms with Crippen molar-refractivity contribution in [1.82, 2.24) is 4.98 Å². The highest BCUT2D eigenvalue weighted by atomic mass is 79.9. The van der Waals surface area contributed by atoms with Crippen LogP contribution in [0.15, 0.2) is 41.0 Å². The summed E-state index contributed by atoms with van der Waals surface area (Å²) in [5.74, 6) is -0.439.